The zero-order valence-corrected chi connectivity index (χ0v) is 13.4. The van der Waals surface area contributed by atoms with Crippen molar-refractivity contribution in [2.75, 3.05) is 25.0 Å². The van der Waals surface area contributed by atoms with Crippen LogP contribution in [0.4, 0.5) is 5.82 Å². The Bertz CT molecular complexity index is 697. The molecule has 0 aliphatic carbocycles. The number of amides is 1. The van der Waals surface area contributed by atoms with Crippen LogP contribution in [0, 0.1) is 13.8 Å². The molecule has 0 atom stereocenters. The summed E-state index contributed by atoms with van der Waals surface area (Å²) < 4.78 is 5.55. The molecule has 0 saturated heterocycles. The summed E-state index contributed by atoms with van der Waals surface area (Å²) in [5.41, 5.74) is 1.96. The van der Waals surface area contributed by atoms with Gasteiger partial charge in [0.05, 0.1) is 0 Å². The fraction of sp³-hybridized carbons (Fsp3) is 0.353. The Morgan fingerprint density at radius 3 is 2.91 bits per heavy atom. The van der Waals surface area contributed by atoms with Crippen molar-refractivity contribution in [1.82, 2.24) is 14.9 Å². The van der Waals surface area contributed by atoms with Gasteiger partial charge in [-0.15, -0.1) is 0 Å². The zero-order chi connectivity index (χ0) is 16.2. The van der Waals surface area contributed by atoms with E-state index in [-0.39, 0.29) is 12.5 Å². The van der Waals surface area contributed by atoms with Gasteiger partial charge in [-0.3, -0.25) is 4.79 Å². The molecule has 6 heteroatoms. The smallest absolute Gasteiger partial charge is 0.260 e. The lowest BCUT2D eigenvalue weighted by atomic mass is 10.2. The summed E-state index contributed by atoms with van der Waals surface area (Å²) in [6, 6.07) is 9.67. The van der Waals surface area contributed by atoms with Crippen LogP contribution >= 0.6 is 0 Å². The Kier molecular flexibility index (Phi) is 4.41. The Morgan fingerprint density at radius 1 is 1.26 bits per heavy atom. The lowest BCUT2D eigenvalue weighted by Crippen LogP contribution is -2.36. The predicted molar refractivity (Wildman–Crippen MR) is 87.3 cm³/mol. The van der Waals surface area contributed by atoms with Crippen LogP contribution in [-0.2, 0) is 11.3 Å². The third kappa shape index (κ3) is 3.77. The average Bonchev–Trinajstić information content (AvgIpc) is 2.66. The van der Waals surface area contributed by atoms with Gasteiger partial charge in [0.2, 0.25) is 0 Å². The second-order valence-corrected chi connectivity index (χ2v) is 5.58. The number of aromatic nitrogens is 2. The standard InChI is InChI=1S/C17H20N4O2/c1-12-9-16(20-13(2)19-12)18-7-8-21-10-14-5-3-4-6-15(14)23-11-17(21)22/h3-6,9H,7-8,10-11H2,1-2H3,(H,18,19,20). The Hall–Kier alpha value is -2.63. The van der Waals surface area contributed by atoms with Crippen molar-refractivity contribution in [1.29, 1.82) is 0 Å². The molecule has 120 valence electrons. The number of nitrogens with zero attached hydrogens (tertiary/aromatic N) is 3. The Labute approximate surface area is 135 Å². The number of fused-ring (bicyclic) bond motifs is 1. The third-order valence-corrected chi connectivity index (χ3v) is 3.69. The second kappa shape index (κ2) is 6.64. The van der Waals surface area contributed by atoms with Gasteiger partial charge in [0, 0.05) is 37.0 Å². The fourth-order valence-electron chi connectivity index (χ4n) is 2.63. The minimum absolute atomic E-state index is 0.00181. The molecule has 1 N–H and O–H groups in total. The molecule has 0 unspecified atom stereocenters. The molecular formula is C17H20N4O2. The third-order valence-electron chi connectivity index (χ3n) is 3.69. The van der Waals surface area contributed by atoms with Crippen LogP contribution in [0.15, 0.2) is 30.3 Å². The fourth-order valence-corrected chi connectivity index (χ4v) is 2.63. The molecule has 3 rings (SSSR count). The highest BCUT2D eigenvalue weighted by Crippen LogP contribution is 2.22. The highest BCUT2D eigenvalue weighted by Gasteiger charge is 2.20. The molecule has 0 bridgehead atoms. The van der Waals surface area contributed by atoms with Gasteiger partial charge in [0.1, 0.15) is 17.4 Å². The molecule has 0 fully saturated rings. The molecule has 1 aromatic heterocycles. The van der Waals surface area contributed by atoms with Gasteiger partial charge in [-0.05, 0) is 19.9 Å². The molecule has 1 aliphatic heterocycles. The maximum atomic E-state index is 12.2. The van der Waals surface area contributed by atoms with E-state index >= 15 is 0 Å². The number of rotatable bonds is 4. The molecule has 1 aromatic carbocycles. The number of carbonyl (C=O) groups excluding carboxylic acids is 1. The molecule has 2 aromatic rings. The largest absolute Gasteiger partial charge is 0.483 e. The van der Waals surface area contributed by atoms with Crippen LogP contribution in [-0.4, -0.2) is 40.5 Å². The van der Waals surface area contributed by atoms with Gasteiger partial charge in [0.25, 0.3) is 5.91 Å². The van der Waals surface area contributed by atoms with E-state index in [1.165, 1.54) is 0 Å². The number of anilines is 1. The van der Waals surface area contributed by atoms with Crippen LogP contribution in [0.1, 0.15) is 17.1 Å². The Balaban J connectivity index is 1.62. The number of nitrogens with one attached hydrogen (secondary N) is 1. The van der Waals surface area contributed by atoms with Crippen LogP contribution < -0.4 is 10.1 Å². The zero-order valence-electron chi connectivity index (χ0n) is 13.4. The molecule has 6 nitrogen and oxygen atoms in total. The normalized spacial score (nSPS) is 14.0. The van der Waals surface area contributed by atoms with E-state index in [4.69, 9.17) is 4.74 Å². The van der Waals surface area contributed by atoms with E-state index in [0.29, 0.717) is 19.6 Å². The van der Waals surface area contributed by atoms with Gasteiger partial charge in [-0.2, -0.15) is 0 Å². The highest BCUT2D eigenvalue weighted by atomic mass is 16.5. The summed E-state index contributed by atoms with van der Waals surface area (Å²) in [7, 11) is 0. The average molecular weight is 312 g/mol. The number of benzene rings is 1. The summed E-state index contributed by atoms with van der Waals surface area (Å²) in [6.07, 6.45) is 0. The number of aryl methyl sites for hydroxylation is 2. The van der Waals surface area contributed by atoms with Gasteiger partial charge in [-0.25, -0.2) is 9.97 Å². The monoisotopic (exact) mass is 312 g/mol. The van der Waals surface area contributed by atoms with Crippen molar-refractivity contribution in [3.63, 3.8) is 0 Å². The predicted octanol–water partition coefficient (Wildman–Crippen LogP) is 1.93. The number of para-hydroxylation sites is 1. The first-order valence-electron chi connectivity index (χ1n) is 7.66. The molecular weight excluding hydrogens is 292 g/mol. The number of hydrogen-bond donors (Lipinski definition) is 1. The molecule has 1 amide bonds. The molecule has 1 aliphatic rings. The summed E-state index contributed by atoms with van der Waals surface area (Å²) in [6.45, 7) is 5.68. The topological polar surface area (TPSA) is 67.3 Å². The second-order valence-electron chi connectivity index (χ2n) is 5.58. The van der Waals surface area contributed by atoms with Crippen molar-refractivity contribution < 1.29 is 9.53 Å². The van der Waals surface area contributed by atoms with Crippen molar-refractivity contribution in [2.24, 2.45) is 0 Å². The summed E-state index contributed by atoms with van der Waals surface area (Å²) in [4.78, 5) is 22.6. The van der Waals surface area contributed by atoms with E-state index in [9.17, 15) is 4.79 Å². The van der Waals surface area contributed by atoms with Crippen LogP contribution in [0.3, 0.4) is 0 Å². The van der Waals surface area contributed by atoms with Gasteiger partial charge >= 0.3 is 0 Å². The van der Waals surface area contributed by atoms with Crippen molar-refractivity contribution in [3.8, 4) is 5.75 Å². The van der Waals surface area contributed by atoms with E-state index < -0.39 is 0 Å². The van der Waals surface area contributed by atoms with E-state index in [1.807, 2.05) is 44.2 Å². The molecule has 2 heterocycles. The van der Waals surface area contributed by atoms with E-state index in [0.717, 1.165) is 28.6 Å². The maximum Gasteiger partial charge on any atom is 0.260 e. The van der Waals surface area contributed by atoms with Gasteiger partial charge in [-0.1, -0.05) is 18.2 Å². The molecule has 0 radical (unpaired) electrons. The van der Waals surface area contributed by atoms with Crippen molar-refractivity contribution in [2.45, 2.75) is 20.4 Å². The minimum Gasteiger partial charge on any atom is -0.483 e. The molecule has 23 heavy (non-hydrogen) atoms. The van der Waals surface area contributed by atoms with Gasteiger partial charge < -0.3 is 15.0 Å². The lowest BCUT2D eigenvalue weighted by Gasteiger charge is -2.20. The first-order valence-corrected chi connectivity index (χ1v) is 7.66. The van der Waals surface area contributed by atoms with Crippen molar-refractivity contribution >= 4 is 11.7 Å². The van der Waals surface area contributed by atoms with Crippen LogP contribution in [0.2, 0.25) is 0 Å². The van der Waals surface area contributed by atoms with Crippen LogP contribution in [0.5, 0.6) is 5.75 Å². The summed E-state index contributed by atoms with van der Waals surface area (Å²) in [5, 5.41) is 3.25. The summed E-state index contributed by atoms with van der Waals surface area (Å²) in [5.74, 6) is 2.31. The summed E-state index contributed by atoms with van der Waals surface area (Å²) >= 11 is 0. The first-order chi connectivity index (χ1) is 11.1. The van der Waals surface area contributed by atoms with E-state index in [2.05, 4.69) is 15.3 Å². The minimum atomic E-state index is -0.00181. The lowest BCUT2D eigenvalue weighted by molar-refractivity contribution is -0.133. The van der Waals surface area contributed by atoms with Crippen molar-refractivity contribution in [3.05, 3.63) is 47.4 Å². The highest BCUT2D eigenvalue weighted by molar-refractivity contribution is 5.78. The number of ether oxygens (including phenoxy) is 1. The SMILES string of the molecule is Cc1cc(NCCN2Cc3ccccc3OCC2=O)nc(C)n1. The van der Waals surface area contributed by atoms with Gasteiger partial charge in [0.15, 0.2) is 6.61 Å². The maximum absolute atomic E-state index is 12.2. The quantitative estimate of drug-likeness (QED) is 0.934. The molecule has 0 saturated carbocycles. The number of hydrogen-bond acceptors (Lipinski definition) is 5. The van der Waals surface area contributed by atoms with E-state index in [1.54, 1.807) is 4.90 Å². The Morgan fingerprint density at radius 2 is 2.09 bits per heavy atom. The molecule has 0 spiro atoms. The van der Waals surface area contributed by atoms with Crippen LogP contribution in [0.25, 0.3) is 0 Å². The first kappa shape index (κ1) is 15.3. The number of carbonyl (C=O) groups is 1.